The molecule has 1 heterocycles. The second-order valence-electron chi connectivity index (χ2n) is 5.80. The van der Waals surface area contributed by atoms with Gasteiger partial charge in [-0.1, -0.05) is 0 Å². The molecule has 4 heteroatoms. The molecule has 20 heavy (non-hydrogen) atoms. The smallest absolute Gasteiger partial charge is 0.164 e. The molecule has 0 saturated carbocycles. The molecule has 2 rings (SSSR count). The quantitative estimate of drug-likeness (QED) is 0.918. The van der Waals surface area contributed by atoms with Gasteiger partial charge in [0.15, 0.2) is 11.5 Å². The van der Waals surface area contributed by atoms with Gasteiger partial charge in [-0.15, -0.1) is 0 Å². The number of piperidine rings is 1. The summed E-state index contributed by atoms with van der Waals surface area (Å²) in [5.41, 5.74) is 0.319. The Morgan fingerprint density at radius 2 is 1.80 bits per heavy atom. The van der Waals surface area contributed by atoms with E-state index >= 15 is 0 Å². The van der Waals surface area contributed by atoms with Gasteiger partial charge >= 0.3 is 0 Å². The molecule has 112 valence electrons. The minimum atomic E-state index is -1.39. The molecule has 1 aliphatic rings. The third-order valence-corrected chi connectivity index (χ3v) is 3.97. The van der Waals surface area contributed by atoms with Crippen LogP contribution in [0.4, 0.5) is 4.39 Å². The van der Waals surface area contributed by atoms with Crippen LogP contribution < -0.4 is 14.8 Å². The van der Waals surface area contributed by atoms with Crippen LogP contribution in [0.3, 0.4) is 0 Å². The number of ether oxygens (including phenoxy) is 2. The zero-order chi connectivity index (χ0) is 14.8. The molecule has 0 radical (unpaired) electrons. The highest BCUT2D eigenvalue weighted by molar-refractivity contribution is 5.52. The lowest BCUT2D eigenvalue weighted by Crippen LogP contribution is -2.27. The Hall–Kier alpha value is -1.29. The molecule has 1 saturated heterocycles. The summed E-state index contributed by atoms with van der Waals surface area (Å²) in [4.78, 5) is 0. The van der Waals surface area contributed by atoms with E-state index in [2.05, 4.69) is 5.32 Å². The van der Waals surface area contributed by atoms with Crippen LogP contribution in [0.2, 0.25) is 0 Å². The van der Waals surface area contributed by atoms with Crippen molar-refractivity contribution in [1.29, 1.82) is 0 Å². The average Bonchev–Trinajstić information content (AvgIpc) is 2.45. The van der Waals surface area contributed by atoms with Crippen LogP contribution in [0.5, 0.6) is 11.5 Å². The molecule has 3 nitrogen and oxygen atoms in total. The topological polar surface area (TPSA) is 30.5 Å². The maximum absolute atomic E-state index is 14.3. The van der Waals surface area contributed by atoms with E-state index in [-0.39, 0.29) is 0 Å². The van der Waals surface area contributed by atoms with Crippen LogP contribution in [0.25, 0.3) is 0 Å². The first-order chi connectivity index (χ1) is 9.47. The lowest BCUT2D eigenvalue weighted by molar-refractivity contribution is 0.219. The van der Waals surface area contributed by atoms with Gasteiger partial charge in [0.25, 0.3) is 0 Å². The van der Waals surface area contributed by atoms with Crippen molar-refractivity contribution in [2.45, 2.75) is 38.3 Å². The highest BCUT2D eigenvalue weighted by Gasteiger charge is 2.27. The van der Waals surface area contributed by atoms with Crippen molar-refractivity contribution in [1.82, 2.24) is 5.32 Å². The number of halogens is 1. The van der Waals surface area contributed by atoms with Crippen LogP contribution in [-0.2, 0) is 5.67 Å². The third kappa shape index (κ3) is 3.06. The fraction of sp³-hybridized carbons (Fsp3) is 0.625. The van der Waals surface area contributed by atoms with Gasteiger partial charge in [0, 0.05) is 5.56 Å². The summed E-state index contributed by atoms with van der Waals surface area (Å²) in [5.74, 6) is 1.75. The summed E-state index contributed by atoms with van der Waals surface area (Å²) < 4.78 is 25.2. The van der Waals surface area contributed by atoms with Crippen LogP contribution >= 0.6 is 0 Å². The Morgan fingerprint density at radius 1 is 1.15 bits per heavy atom. The first-order valence-corrected chi connectivity index (χ1v) is 7.13. The highest BCUT2D eigenvalue weighted by atomic mass is 19.1. The normalized spacial score (nSPS) is 17.1. The predicted molar refractivity (Wildman–Crippen MR) is 78.5 cm³/mol. The molecule has 1 fully saturated rings. The first-order valence-electron chi connectivity index (χ1n) is 7.13. The number of methoxy groups -OCH3 is 2. The van der Waals surface area contributed by atoms with E-state index in [9.17, 15) is 4.39 Å². The lowest BCUT2D eigenvalue weighted by Gasteiger charge is -2.27. The van der Waals surface area contributed by atoms with Crippen molar-refractivity contribution >= 4 is 0 Å². The van der Waals surface area contributed by atoms with Crippen LogP contribution in [-0.4, -0.2) is 27.3 Å². The van der Waals surface area contributed by atoms with Crippen LogP contribution in [0.1, 0.15) is 43.7 Å². The van der Waals surface area contributed by atoms with E-state index in [4.69, 9.17) is 9.47 Å². The van der Waals surface area contributed by atoms with Gasteiger partial charge < -0.3 is 14.8 Å². The molecule has 0 unspecified atom stereocenters. The Labute approximate surface area is 120 Å². The second kappa shape index (κ2) is 6.00. The molecule has 0 spiro atoms. The Kier molecular flexibility index (Phi) is 4.53. The Bertz CT molecular complexity index is 462. The summed E-state index contributed by atoms with van der Waals surface area (Å²) in [6.07, 6.45) is 2.07. The summed E-state index contributed by atoms with van der Waals surface area (Å²) >= 11 is 0. The third-order valence-electron chi connectivity index (χ3n) is 3.97. The maximum Gasteiger partial charge on any atom is 0.164 e. The first kappa shape index (κ1) is 15.1. The van der Waals surface area contributed by atoms with Crippen LogP contribution in [0, 0.1) is 0 Å². The summed E-state index contributed by atoms with van der Waals surface area (Å²) in [5, 5.41) is 3.35. The Morgan fingerprint density at radius 3 is 2.30 bits per heavy atom. The number of nitrogens with one attached hydrogen (secondary N) is 1. The van der Waals surface area contributed by atoms with Crippen molar-refractivity contribution in [3.8, 4) is 11.5 Å². The van der Waals surface area contributed by atoms with Crippen LogP contribution in [0.15, 0.2) is 12.1 Å². The van der Waals surface area contributed by atoms with Gasteiger partial charge in [-0.25, -0.2) is 4.39 Å². The largest absolute Gasteiger partial charge is 0.493 e. The zero-order valence-electron chi connectivity index (χ0n) is 12.8. The molecule has 1 aliphatic heterocycles. The molecular formula is C16H24FNO2. The average molecular weight is 281 g/mol. The van der Waals surface area contributed by atoms with E-state index in [0.29, 0.717) is 17.2 Å². The van der Waals surface area contributed by atoms with Crippen molar-refractivity contribution in [2.75, 3.05) is 27.3 Å². The maximum atomic E-state index is 14.3. The van der Waals surface area contributed by atoms with Gasteiger partial charge in [0.2, 0.25) is 0 Å². The fourth-order valence-corrected chi connectivity index (χ4v) is 2.77. The second-order valence-corrected chi connectivity index (χ2v) is 5.80. The molecule has 0 aromatic heterocycles. The number of rotatable bonds is 4. The molecule has 0 atom stereocenters. The molecule has 0 amide bonds. The molecule has 1 N–H and O–H groups in total. The van der Waals surface area contributed by atoms with E-state index in [1.807, 2.05) is 6.07 Å². The van der Waals surface area contributed by atoms with Crippen molar-refractivity contribution in [3.05, 3.63) is 23.3 Å². The monoisotopic (exact) mass is 281 g/mol. The molecule has 0 bridgehead atoms. The fourth-order valence-electron chi connectivity index (χ4n) is 2.77. The van der Waals surface area contributed by atoms with Gasteiger partial charge in [0.1, 0.15) is 5.67 Å². The van der Waals surface area contributed by atoms with E-state index in [1.165, 1.54) is 0 Å². The Balaban J connectivity index is 2.50. The minimum absolute atomic E-state index is 0.391. The SMILES string of the molecule is COc1cc(C(C)(C)F)cc(C2CCNCC2)c1OC. The predicted octanol–water partition coefficient (Wildman–Crippen LogP) is 3.38. The number of alkyl halides is 1. The number of hydrogen-bond acceptors (Lipinski definition) is 3. The van der Waals surface area contributed by atoms with Crippen molar-refractivity contribution in [2.24, 2.45) is 0 Å². The summed E-state index contributed by atoms with van der Waals surface area (Å²) in [6.45, 7) is 5.11. The van der Waals surface area contributed by atoms with E-state index < -0.39 is 5.67 Å². The molecule has 0 aliphatic carbocycles. The van der Waals surface area contributed by atoms with Crippen molar-refractivity contribution in [3.63, 3.8) is 0 Å². The molecule has 1 aromatic carbocycles. The summed E-state index contributed by atoms with van der Waals surface area (Å²) in [6, 6.07) is 3.68. The van der Waals surface area contributed by atoms with Gasteiger partial charge in [-0.3, -0.25) is 0 Å². The molecular weight excluding hydrogens is 257 g/mol. The van der Waals surface area contributed by atoms with Gasteiger partial charge in [0.05, 0.1) is 14.2 Å². The zero-order valence-corrected chi connectivity index (χ0v) is 12.8. The lowest BCUT2D eigenvalue weighted by atomic mass is 9.86. The molecule has 1 aromatic rings. The van der Waals surface area contributed by atoms with E-state index in [1.54, 1.807) is 34.1 Å². The number of hydrogen-bond donors (Lipinski definition) is 1. The minimum Gasteiger partial charge on any atom is -0.493 e. The highest BCUT2D eigenvalue weighted by Crippen LogP contribution is 2.42. The van der Waals surface area contributed by atoms with Gasteiger partial charge in [-0.2, -0.15) is 0 Å². The van der Waals surface area contributed by atoms with Gasteiger partial charge in [-0.05, 0) is 63.4 Å². The standard InChI is InChI=1S/C16H24FNO2/c1-16(2,17)12-9-13(11-5-7-18-8-6-11)15(20-4)14(10-12)19-3/h9-11,18H,5-8H2,1-4H3. The van der Waals surface area contributed by atoms with Crippen molar-refractivity contribution < 1.29 is 13.9 Å². The summed E-state index contributed by atoms with van der Waals surface area (Å²) in [7, 11) is 3.24. The van der Waals surface area contributed by atoms with E-state index in [0.717, 1.165) is 37.2 Å². The number of benzene rings is 1.